The minimum absolute atomic E-state index is 0.167. The molecule has 1 saturated carbocycles. The van der Waals surface area contributed by atoms with E-state index in [1.165, 1.54) is 23.3 Å². The van der Waals surface area contributed by atoms with E-state index in [1.54, 1.807) is 6.92 Å². The van der Waals surface area contributed by atoms with Crippen molar-refractivity contribution in [2.24, 2.45) is 5.92 Å². The molecule has 1 aliphatic rings. The van der Waals surface area contributed by atoms with Gasteiger partial charge >= 0.3 is 5.69 Å². The molecule has 2 aromatic rings. The summed E-state index contributed by atoms with van der Waals surface area (Å²) in [6.07, 6.45) is 5.70. The van der Waals surface area contributed by atoms with Gasteiger partial charge in [-0.2, -0.15) is 0 Å². The maximum Gasteiger partial charge on any atom is 0.329 e. The first-order chi connectivity index (χ1) is 11.5. The second-order valence-electron chi connectivity index (χ2n) is 6.54. The number of hydrogen-bond donors (Lipinski definition) is 2. The highest BCUT2D eigenvalue weighted by Crippen LogP contribution is 2.23. The van der Waals surface area contributed by atoms with Crippen LogP contribution in [0, 0.1) is 5.92 Å². The van der Waals surface area contributed by atoms with Gasteiger partial charge in [-0.3, -0.25) is 19.1 Å². The molecule has 0 aliphatic heterocycles. The van der Waals surface area contributed by atoms with Gasteiger partial charge in [0, 0.05) is 18.8 Å². The van der Waals surface area contributed by atoms with Crippen LogP contribution in [-0.2, 0) is 6.54 Å². The summed E-state index contributed by atoms with van der Waals surface area (Å²) in [6, 6.07) is 1.67. The molecule has 0 saturated heterocycles. The standard InChI is InChI=1S/C17H22N4O3/c1-3-21-14-13(16(23)20-17(21)24)8-11(9-18-14)15(22)19-12-6-4-5-10(2)7-12/h8-10,12H,3-7H2,1-2H3,(H,19,22)(H,20,23,24)/t10-,12-/m0/s1. The number of fused-ring (bicyclic) bond motifs is 1. The highest BCUT2D eigenvalue weighted by Gasteiger charge is 2.21. The largest absolute Gasteiger partial charge is 0.349 e. The number of carbonyl (C=O) groups excluding carboxylic acids is 1. The summed E-state index contributed by atoms with van der Waals surface area (Å²) < 4.78 is 1.38. The molecule has 0 bridgehead atoms. The van der Waals surface area contributed by atoms with Crippen molar-refractivity contribution in [1.82, 2.24) is 19.9 Å². The molecule has 7 heteroatoms. The van der Waals surface area contributed by atoms with Crippen LogP contribution in [0.4, 0.5) is 0 Å². The number of aryl methyl sites for hydroxylation is 1. The maximum atomic E-state index is 12.5. The third kappa shape index (κ3) is 3.11. The molecular weight excluding hydrogens is 308 g/mol. The van der Waals surface area contributed by atoms with Gasteiger partial charge in [0.25, 0.3) is 11.5 Å². The Morgan fingerprint density at radius 2 is 2.21 bits per heavy atom. The molecule has 128 valence electrons. The lowest BCUT2D eigenvalue weighted by Crippen LogP contribution is -2.38. The second kappa shape index (κ2) is 6.59. The molecule has 1 aliphatic carbocycles. The highest BCUT2D eigenvalue weighted by atomic mass is 16.2. The van der Waals surface area contributed by atoms with Gasteiger partial charge in [-0.05, 0) is 31.7 Å². The molecule has 0 radical (unpaired) electrons. The van der Waals surface area contributed by atoms with Crippen LogP contribution in [0.15, 0.2) is 21.9 Å². The van der Waals surface area contributed by atoms with E-state index in [0.29, 0.717) is 23.7 Å². The monoisotopic (exact) mass is 330 g/mol. The van der Waals surface area contributed by atoms with Crippen LogP contribution in [0.5, 0.6) is 0 Å². The minimum atomic E-state index is -0.520. The third-order valence-electron chi connectivity index (χ3n) is 4.68. The number of amides is 1. The maximum absolute atomic E-state index is 12.5. The van der Waals surface area contributed by atoms with Gasteiger partial charge in [0.2, 0.25) is 0 Å². The molecule has 1 fully saturated rings. The van der Waals surface area contributed by atoms with Gasteiger partial charge in [0.15, 0.2) is 0 Å². The Hall–Kier alpha value is -2.44. The predicted octanol–water partition coefficient (Wildman–Crippen LogP) is 1.41. The Morgan fingerprint density at radius 1 is 1.42 bits per heavy atom. The molecule has 0 aromatic carbocycles. The summed E-state index contributed by atoms with van der Waals surface area (Å²) in [6.45, 7) is 4.38. The van der Waals surface area contributed by atoms with Crippen molar-refractivity contribution >= 4 is 16.9 Å². The summed E-state index contributed by atoms with van der Waals surface area (Å²) in [5.41, 5.74) is -0.370. The molecule has 7 nitrogen and oxygen atoms in total. The van der Waals surface area contributed by atoms with Crippen LogP contribution in [0.1, 0.15) is 49.9 Å². The van der Waals surface area contributed by atoms with Crippen molar-refractivity contribution in [1.29, 1.82) is 0 Å². The first kappa shape index (κ1) is 16.4. The molecule has 2 heterocycles. The van der Waals surface area contributed by atoms with Crippen LogP contribution in [0.25, 0.3) is 11.0 Å². The zero-order valence-corrected chi connectivity index (χ0v) is 14.0. The Bertz CT molecular complexity index is 884. The summed E-state index contributed by atoms with van der Waals surface area (Å²) in [5.74, 6) is 0.387. The lowest BCUT2D eigenvalue weighted by Gasteiger charge is -2.27. The van der Waals surface area contributed by atoms with Crippen molar-refractivity contribution < 1.29 is 4.79 Å². The minimum Gasteiger partial charge on any atom is -0.349 e. The molecule has 1 amide bonds. The molecule has 2 aromatic heterocycles. The fourth-order valence-corrected chi connectivity index (χ4v) is 3.42. The lowest BCUT2D eigenvalue weighted by molar-refractivity contribution is 0.0921. The molecule has 3 rings (SSSR count). The van der Waals surface area contributed by atoms with Gasteiger partial charge in [-0.15, -0.1) is 0 Å². The quantitative estimate of drug-likeness (QED) is 0.889. The molecule has 2 N–H and O–H groups in total. The van der Waals surface area contributed by atoms with E-state index in [4.69, 9.17) is 0 Å². The van der Waals surface area contributed by atoms with E-state index < -0.39 is 11.2 Å². The van der Waals surface area contributed by atoms with Gasteiger partial charge in [0.05, 0.1) is 10.9 Å². The summed E-state index contributed by atoms with van der Waals surface area (Å²) >= 11 is 0. The van der Waals surface area contributed by atoms with Crippen molar-refractivity contribution in [3.05, 3.63) is 38.7 Å². The van der Waals surface area contributed by atoms with Gasteiger partial charge in [0.1, 0.15) is 5.65 Å². The third-order valence-corrected chi connectivity index (χ3v) is 4.68. The Balaban J connectivity index is 1.92. The van der Waals surface area contributed by atoms with E-state index in [-0.39, 0.29) is 17.3 Å². The van der Waals surface area contributed by atoms with Crippen LogP contribution >= 0.6 is 0 Å². The number of H-pyrrole nitrogens is 1. The van der Waals surface area contributed by atoms with Crippen LogP contribution in [0.2, 0.25) is 0 Å². The Kier molecular flexibility index (Phi) is 4.51. The van der Waals surface area contributed by atoms with E-state index in [2.05, 4.69) is 22.2 Å². The number of nitrogens with one attached hydrogen (secondary N) is 2. The summed E-state index contributed by atoms with van der Waals surface area (Å²) in [7, 11) is 0. The van der Waals surface area contributed by atoms with Gasteiger partial charge in [-0.1, -0.05) is 19.8 Å². The van der Waals surface area contributed by atoms with E-state index in [1.807, 2.05) is 0 Å². The second-order valence-corrected chi connectivity index (χ2v) is 6.54. The zero-order chi connectivity index (χ0) is 17.3. The number of pyridine rings is 1. The number of rotatable bonds is 3. The highest BCUT2D eigenvalue weighted by molar-refractivity contribution is 5.96. The van der Waals surface area contributed by atoms with Crippen molar-refractivity contribution in [2.75, 3.05) is 0 Å². The lowest BCUT2D eigenvalue weighted by atomic mass is 9.87. The van der Waals surface area contributed by atoms with Crippen LogP contribution in [0.3, 0.4) is 0 Å². The molecule has 2 atom stereocenters. The normalized spacial score (nSPS) is 20.9. The SMILES string of the molecule is CCn1c(=O)[nH]c(=O)c2cc(C(=O)N[C@H]3CCC[C@H](C)C3)cnc21. The molecule has 24 heavy (non-hydrogen) atoms. The smallest absolute Gasteiger partial charge is 0.329 e. The average Bonchev–Trinajstić information content (AvgIpc) is 2.55. The fourth-order valence-electron chi connectivity index (χ4n) is 3.42. The fraction of sp³-hybridized carbons (Fsp3) is 0.529. The number of aromatic nitrogens is 3. The number of hydrogen-bond acceptors (Lipinski definition) is 4. The topological polar surface area (TPSA) is 96.9 Å². The van der Waals surface area contributed by atoms with Crippen molar-refractivity contribution in [2.45, 2.75) is 52.1 Å². The first-order valence-electron chi connectivity index (χ1n) is 8.43. The van der Waals surface area contributed by atoms with Gasteiger partial charge < -0.3 is 5.32 Å². The average molecular weight is 330 g/mol. The van der Waals surface area contributed by atoms with Gasteiger partial charge in [-0.25, -0.2) is 9.78 Å². The van der Waals surface area contributed by atoms with Crippen LogP contribution < -0.4 is 16.6 Å². The Morgan fingerprint density at radius 3 is 2.92 bits per heavy atom. The van der Waals surface area contributed by atoms with Crippen LogP contribution in [-0.4, -0.2) is 26.5 Å². The Labute approximate surface area is 139 Å². The van der Waals surface area contributed by atoms with E-state index >= 15 is 0 Å². The molecule has 0 unspecified atom stereocenters. The number of carbonyl (C=O) groups is 1. The number of aromatic amines is 1. The summed E-state index contributed by atoms with van der Waals surface area (Å²) in [4.78, 5) is 42.7. The number of nitrogens with zero attached hydrogens (tertiary/aromatic N) is 2. The zero-order valence-electron chi connectivity index (χ0n) is 14.0. The first-order valence-corrected chi connectivity index (χ1v) is 8.43. The van der Waals surface area contributed by atoms with Crippen molar-refractivity contribution in [3.8, 4) is 0 Å². The van der Waals surface area contributed by atoms with Crippen molar-refractivity contribution in [3.63, 3.8) is 0 Å². The van der Waals surface area contributed by atoms with E-state index in [0.717, 1.165) is 19.3 Å². The summed E-state index contributed by atoms with van der Waals surface area (Å²) in [5, 5.41) is 3.28. The predicted molar refractivity (Wildman–Crippen MR) is 91.2 cm³/mol. The molecular formula is C17H22N4O3. The van der Waals surface area contributed by atoms with E-state index in [9.17, 15) is 14.4 Å². The molecule has 0 spiro atoms.